The van der Waals surface area contributed by atoms with E-state index in [1.807, 2.05) is 0 Å². The Hall–Kier alpha value is -0.0400. The van der Waals surface area contributed by atoms with Gasteiger partial charge in [-0.05, 0) is 24.7 Å². The minimum atomic E-state index is 0.456. The summed E-state index contributed by atoms with van der Waals surface area (Å²) in [7, 11) is 0. The second kappa shape index (κ2) is 3.14. The molecule has 0 aromatic rings. The van der Waals surface area contributed by atoms with Crippen LogP contribution >= 0.6 is 0 Å². The molecule has 66 valence electrons. The maximum absolute atomic E-state index is 5.85. The largest absolute Gasteiger partial charge is 0.374 e. The van der Waals surface area contributed by atoms with Crippen LogP contribution in [0.15, 0.2) is 0 Å². The van der Waals surface area contributed by atoms with Crippen LogP contribution in [0.1, 0.15) is 34.6 Å². The standard InChI is InChI=1S/C10H20O/c1-6(2)10-8(4)7(3)9(5)11-10/h6-10H,1-5H3/t7?,8-,9+,10-/m1/s1. The van der Waals surface area contributed by atoms with Crippen molar-refractivity contribution in [2.45, 2.75) is 46.8 Å². The molecule has 0 bridgehead atoms. The third-order valence-electron chi connectivity index (χ3n) is 3.12. The normalized spacial score (nSPS) is 45.3. The molecular formula is C10H20O. The van der Waals surface area contributed by atoms with E-state index < -0.39 is 0 Å². The lowest BCUT2D eigenvalue weighted by molar-refractivity contribution is 0.0143. The van der Waals surface area contributed by atoms with Crippen molar-refractivity contribution in [2.24, 2.45) is 17.8 Å². The van der Waals surface area contributed by atoms with Crippen molar-refractivity contribution in [1.82, 2.24) is 0 Å². The summed E-state index contributed by atoms with van der Waals surface area (Å²) in [5, 5.41) is 0. The average molecular weight is 156 g/mol. The minimum absolute atomic E-state index is 0.456. The number of hydrogen-bond donors (Lipinski definition) is 0. The van der Waals surface area contributed by atoms with Crippen LogP contribution in [0, 0.1) is 17.8 Å². The van der Waals surface area contributed by atoms with E-state index in [0.717, 1.165) is 11.8 Å². The predicted octanol–water partition coefficient (Wildman–Crippen LogP) is 2.70. The number of ether oxygens (including phenoxy) is 1. The summed E-state index contributed by atoms with van der Waals surface area (Å²) < 4.78 is 5.85. The predicted molar refractivity (Wildman–Crippen MR) is 47.5 cm³/mol. The van der Waals surface area contributed by atoms with Crippen LogP contribution in [0.3, 0.4) is 0 Å². The van der Waals surface area contributed by atoms with Crippen molar-refractivity contribution in [1.29, 1.82) is 0 Å². The highest BCUT2D eigenvalue weighted by Crippen LogP contribution is 2.35. The first kappa shape index (κ1) is 9.05. The third kappa shape index (κ3) is 1.58. The highest BCUT2D eigenvalue weighted by atomic mass is 16.5. The molecule has 0 radical (unpaired) electrons. The summed E-state index contributed by atoms with van der Waals surface area (Å²) in [6, 6.07) is 0. The fourth-order valence-corrected chi connectivity index (χ4v) is 1.99. The van der Waals surface area contributed by atoms with E-state index in [2.05, 4.69) is 34.6 Å². The molecule has 0 saturated carbocycles. The topological polar surface area (TPSA) is 9.23 Å². The van der Waals surface area contributed by atoms with Crippen molar-refractivity contribution in [3.63, 3.8) is 0 Å². The summed E-state index contributed by atoms with van der Waals surface area (Å²) >= 11 is 0. The van der Waals surface area contributed by atoms with E-state index >= 15 is 0 Å². The molecule has 0 aromatic carbocycles. The quantitative estimate of drug-likeness (QED) is 0.567. The number of rotatable bonds is 1. The van der Waals surface area contributed by atoms with Gasteiger partial charge in [0.1, 0.15) is 0 Å². The first-order chi connectivity index (χ1) is 5.04. The molecule has 1 fully saturated rings. The maximum atomic E-state index is 5.85. The molecule has 0 amide bonds. The summed E-state index contributed by atoms with van der Waals surface area (Å²) in [5.74, 6) is 2.12. The lowest BCUT2D eigenvalue weighted by Crippen LogP contribution is -2.21. The SMILES string of the molecule is CC1[C@H](C)O[C@H](C(C)C)[C@@H]1C. The van der Waals surface area contributed by atoms with Crippen molar-refractivity contribution in [3.8, 4) is 0 Å². The van der Waals surface area contributed by atoms with E-state index in [-0.39, 0.29) is 0 Å². The van der Waals surface area contributed by atoms with E-state index in [9.17, 15) is 0 Å². The summed E-state index contributed by atoms with van der Waals surface area (Å²) in [4.78, 5) is 0. The van der Waals surface area contributed by atoms with Gasteiger partial charge in [0, 0.05) is 0 Å². The fraction of sp³-hybridized carbons (Fsp3) is 1.00. The molecule has 1 aliphatic heterocycles. The zero-order valence-corrected chi connectivity index (χ0v) is 8.29. The average Bonchev–Trinajstić information content (AvgIpc) is 2.17. The summed E-state index contributed by atoms with van der Waals surface area (Å²) in [6.45, 7) is 11.3. The lowest BCUT2D eigenvalue weighted by atomic mass is 9.86. The molecule has 1 rings (SSSR count). The van der Waals surface area contributed by atoms with Crippen LogP contribution in [-0.2, 0) is 4.74 Å². The van der Waals surface area contributed by atoms with Crippen molar-refractivity contribution >= 4 is 0 Å². The Labute approximate surface area is 70.1 Å². The summed E-state index contributed by atoms with van der Waals surface area (Å²) in [5.41, 5.74) is 0. The van der Waals surface area contributed by atoms with Gasteiger partial charge in [0.2, 0.25) is 0 Å². The Morgan fingerprint density at radius 2 is 1.55 bits per heavy atom. The minimum Gasteiger partial charge on any atom is -0.374 e. The van der Waals surface area contributed by atoms with Gasteiger partial charge < -0.3 is 4.74 Å². The van der Waals surface area contributed by atoms with E-state index in [1.54, 1.807) is 0 Å². The summed E-state index contributed by atoms with van der Waals surface area (Å²) in [6.07, 6.45) is 0.942. The second-order valence-corrected chi connectivity index (χ2v) is 4.27. The third-order valence-corrected chi connectivity index (χ3v) is 3.12. The van der Waals surface area contributed by atoms with E-state index in [4.69, 9.17) is 4.74 Å². The van der Waals surface area contributed by atoms with Crippen LogP contribution in [0.5, 0.6) is 0 Å². The van der Waals surface area contributed by atoms with Crippen LogP contribution in [0.4, 0.5) is 0 Å². The molecule has 11 heavy (non-hydrogen) atoms. The van der Waals surface area contributed by atoms with Crippen LogP contribution in [0.2, 0.25) is 0 Å². The highest BCUT2D eigenvalue weighted by Gasteiger charge is 2.37. The molecule has 4 atom stereocenters. The molecule has 0 aromatic heterocycles. The zero-order chi connectivity index (χ0) is 8.59. The molecule has 0 aliphatic carbocycles. The van der Waals surface area contributed by atoms with Gasteiger partial charge in [-0.15, -0.1) is 0 Å². The Balaban J connectivity index is 2.59. The Morgan fingerprint density at radius 1 is 1.00 bits per heavy atom. The highest BCUT2D eigenvalue weighted by molar-refractivity contribution is 4.84. The fourth-order valence-electron chi connectivity index (χ4n) is 1.99. The Morgan fingerprint density at radius 3 is 1.73 bits per heavy atom. The molecule has 1 saturated heterocycles. The van der Waals surface area contributed by atoms with Gasteiger partial charge in [0.15, 0.2) is 0 Å². The van der Waals surface area contributed by atoms with Gasteiger partial charge in [0.25, 0.3) is 0 Å². The van der Waals surface area contributed by atoms with Gasteiger partial charge in [0.05, 0.1) is 12.2 Å². The molecule has 1 unspecified atom stereocenters. The van der Waals surface area contributed by atoms with Crippen LogP contribution in [0.25, 0.3) is 0 Å². The molecule has 0 N–H and O–H groups in total. The molecular weight excluding hydrogens is 136 g/mol. The molecule has 0 spiro atoms. The Bertz CT molecular complexity index is 131. The Kier molecular flexibility index (Phi) is 2.58. The zero-order valence-electron chi connectivity index (χ0n) is 8.29. The van der Waals surface area contributed by atoms with Gasteiger partial charge in [-0.1, -0.05) is 27.7 Å². The maximum Gasteiger partial charge on any atom is 0.0630 e. The van der Waals surface area contributed by atoms with Gasteiger partial charge in [-0.2, -0.15) is 0 Å². The van der Waals surface area contributed by atoms with Crippen LogP contribution in [-0.4, -0.2) is 12.2 Å². The van der Waals surface area contributed by atoms with Crippen molar-refractivity contribution in [2.75, 3.05) is 0 Å². The van der Waals surface area contributed by atoms with Gasteiger partial charge in [-0.3, -0.25) is 0 Å². The first-order valence-corrected chi connectivity index (χ1v) is 4.69. The van der Waals surface area contributed by atoms with Crippen molar-refractivity contribution in [3.05, 3.63) is 0 Å². The molecule has 1 heterocycles. The number of hydrogen-bond acceptors (Lipinski definition) is 1. The lowest BCUT2D eigenvalue weighted by Gasteiger charge is -2.19. The molecule has 1 nitrogen and oxygen atoms in total. The van der Waals surface area contributed by atoms with Crippen molar-refractivity contribution < 1.29 is 4.74 Å². The van der Waals surface area contributed by atoms with Crippen LogP contribution < -0.4 is 0 Å². The first-order valence-electron chi connectivity index (χ1n) is 4.69. The van der Waals surface area contributed by atoms with E-state index in [1.165, 1.54) is 0 Å². The smallest absolute Gasteiger partial charge is 0.0630 e. The molecule has 1 aliphatic rings. The monoisotopic (exact) mass is 156 g/mol. The second-order valence-electron chi connectivity index (χ2n) is 4.27. The van der Waals surface area contributed by atoms with Gasteiger partial charge >= 0.3 is 0 Å². The molecule has 1 heteroatoms. The van der Waals surface area contributed by atoms with E-state index in [0.29, 0.717) is 18.1 Å². The van der Waals surface area contributed by atoms with Gasteiger partial charge in [-0.25, -0.2) is 0 Å².